The lowest BCUT2D eigenvalue weighted by Gasteiger charge is -2.15. The van der Waals surface area contributed by atoms with Crippen molar-refractivity contribution in [1.29, 1.82) is 5.26 Å². The molecule has 0 saturated carbocycles. The Bertz CT molecular complexity index is 1320. The largest absolute Gasteiger partial charge is 0.439 e. The first-order valence-corrected chi connectivity index (χ1v) is 11.0. The molecule has 1 aromatic heterocycles. The minimum Gasteiger partial charge on any atom is -0.439 e. The lowest BCUT2D eigenvalue weighted by atomic mass is 10.1. The highest BCUT2D eigenvalue weighted by Crippen LogP contribution is 2.40. The number of hydrogen-bond donors (Lipinski definition) is 0. The Kier molecular flexibility index (Phi) is 4.59. The molecular formula is C26H27N4O+. The van der Waals surface area contributed by atoms with Gasteiger partial charge in [0.15, 0.2) is 16.8 Å². The number of imidazole rings is 1. The van der Waals surface area contributed by atoms with Gasteiger partial charge in [-0.1, -0.05) is 0 Å². The maximum atomic E-state index is 9.32. The number of aromatic nitrogens is 2. The van der Waals surface area contributed by atoms with Crippen molar-refractivity contribution in [3.05, 3.63) is 70.9 Å². The number of anilines is 1. The summed E-state index contributed by atoms with van der Waals surface area (Å²) in [7, 11) is 0. The van der Waals surface area contributed by atoms with E-state index in [2.05, 4.69) is 78.1 Å². The standard InChI is InChI=1S/C26H27N4O/c1-5-28-23-13-17(3)18(4)14-24(23)31-25(28)10-8-20-11-12-30-21-9-7-19(16-27)15-22(21)29(6-2)26(20)30/h7-10,13-15H,5-6,11-12H2,1-4H3/q+1. The van der Waals surface area contributed by atoms with E-state index in [9.17, 15) is 5.26 Å². The van der Waals surface area contributed by atoms with Crippen LogP contribution in [0.25, 0.3) is 16.6 Å². The molecule has 0 atom stereocenters. The van der Waals surface area contributed by atoms with E-state index in [-0.39, 0.29) is 0 Å². The zero-order valence-corrected chi connectivity index (χ0v) is 18.6. The van der Waals surface area contributed by atoms with Gasteiger partial charge in [0, 0.05) is 24.6 Å². The van der Waals surface area contributed by atoms with Crippen LogP contribution in [0.1, 0.15) is 42.8 Å². The van der Waals surface area contributed by atoms with Gasteiger partial charge in [-0.2, -0.15) is 5.26 Å². The first-order chi connectivity index (χ1) is 15.0. The van der Waals surface area contributed by atoms with Crippen molar-refractivity contribution in [1.82, 2.24) is 4.57 Å². The van der Waals surface area contributed by atoms with Gasteiger partial charge >= 0.3 is 0 Å². The summed E-state index contributed by atoms with van der Waals surface area (Å²) in [6.45, 7) is 11.3. The molecule has 5 heteroatoms. The fraction of sp³-hybridized carbons (Fsp3) is 0.308. The van der Waals surface area contributed by atoms with Crippen LogP contribution < -0.4 is 14.2 Å². The molecule has 0 amide bonds. The predicted molar refractivity (Wildman–Crippen MR) is 123 cm³/mol. The Morgan fingerprint density at radius 1 is 1.10 bits per heavy atom. The number of fused-ring (bicyclic) bond motifs is 4. The van der Waals surface area contributed by atoms with Crippen LogP contribution in [0.2, 0.25) is 0 Å². The predicted octanol–water partition coefficient (Wildman–Crippen LogP) is 4.98. The molecule has 2 aromatic carbocycles. The van der Waals surface area contributed by atoms with E-state index in [4.69, 9.17) is 4.74 Å². The van der Waals surface area contributed by atoms with Crippen molar-refractivity contribution in [3.63, 3.8) is 0 Å². The number of nitriles is 1. The summed E-state index contributed by atoms with van der Waals surface area (Å²) < 4.78 is 10.9. The van der Waals surface area contributed by atoms with Crippen molar-refractivity contribution in [2.45, 2.75) is 47.2 Å². The third kappa shape index (κ3) is 2.94. The van der Waals surface area contributed by atoms with Crippen molar-refractivity contribution >= 4 is 22.3 Å². The normalized spacial score (nSPS) is 17.3. The third-order valence-corrected chi connectivity index (χ3v) is 6.50. The van der Waals surface area contributed by atoms with Crippen molar-refractivity contribution in [2.75, 3.05) is 11.4 Å². The fourth-order valence-corrected chi connectivity index (χ4v) is 4.78. The van der Waals surface area contributed by atoms with Gasteiger partial charge < -0.3 is 9.64 Å². The van der Waals surface area contributed by atoms with E-state index in [1.165, 1.54) is 28.0 Å². The van der Waals surface area contributed by atoms with Crippen LogP contribution in [0.5, 0.6) is 5.75 Å². The van der Waals surface area contributed by atoms with E-state index < -0.39 is 0 Å². The van der Waals surface area contributed by atoms with Gasteiger partial charge in [-0.05, 0) is 75.2 Å². The fourth-order valence-electron chi connectivity index (χ4n) is 4.78. The minimum atomic E-state index is 0.702. The molecule has 0 fully saturated rings. The number of hydrogen-bond acceptors (Lipinski definition) is 3. The van der Waals surface area contributed by atoms with Gasteiger partial charge in [-0.15, -0.1) is 0 Å². The van der Waals surface area contributed by atoms with E-state index in [0.29, 0.717) is 5.56 Å². The molecule has 156 valence electrons. The molecule has 0 saturated heterocycles. The van der Waals surface area contributed by atoms with Crippen LogP contribution in [-0.4, -0.2) is 11.1 Å². The Balaban J connectivity index is 1.57. The summed E-state index contributed by atoms with van der Waals surface area (Å²) in [6, 6.07) is 12.6. The average molecular weight is 412 g/mol. The minimum absolute atomic E-state index is 0.702. The van der Waals surface area contributed by atoms with Crippen LogP contribution in [0.3, 0.4) is 0 Å². The summed E-state index contributed by atoms with van der Waals surface area (Å²) in [6.07, 6.45) is 5.31. The van der Waals surface area contributed by atoms with Crippen LogP contribution in [0, 0.1) is 25.2 Å². The monoisotopic (exact) mass is 411 g/mol. The number of benzene rings is 2. The van der Waals surface area contributed by atoms with Crippen LogP contribution in [0.15, 0.2) is 48.4 Å². The zero-order valence-electron chi connectivity index (χ0n) is 18.6. The summed E-state index contributed by atoms with van der Waals surface area (Å²) in [5.41, 5.74) is 7.98. The highest BCUT2D eigenvalue weighted by atomic mass is 16.5. The summed E-state index contributed by atoms with van der Waals surface area (Å²) in [5.74, 6) is 3.04. The zero-order chi connectivity index (χ0) is 21.7. The highest BCUT2D eigenvalue weighted by molar-refractivity contribution is 5.78. The molecule has 0 unspecified atom stereocenters. The molecule has 0 aliphatic carbocycles. The first-order valence-electron chi connectivity index (χ1n) is 11.0. The molecule has 0 spiro atoms. The number of aryl methyl sites for hydroxylation is 4. The molecule has 2 aliphatic rings. The van der Waals surface area contributed by atoms with Crippen molar-refractivity contribution in [3.8, 4) is 11.8 Å². The summed E-state index contributed by atoms with van der Waals surface area (Å²) >= 11 is 0. The second-order valence-corrected chi connectivity index (χ2v) is 8.23. The lowest BCUT2D eigenvalue weighted by Crippen LogP contribution is -2.31. The third-order valence-electron chi connectivity index (χ3n) is 6.50. The van der Waals surface area contributed by atoms with E-state index in [0.717, 1.165) is 48.9 Å². The lowest BCUT2D eigenvalue weighted by molar-refractivity contribution is -0.664. The van der Waals surface area contributed by atoms with Crippen LogP contribution in [0.4, 0.5) is 5.69 Å². The molecule has 3 aromatic rings. The molecule has 0 N–H and O–H groups in total. The van der Waals surface area contributed by atoms with Crippen molar-refractivity contribution < 1.29 is 9.30 Å². The molecule has 3 heterocycles. The smallest absolute Gasteiger partial charge is 0.285 e. The van der Waals surface area contributed by atoms with Crippen molar-refractivity contribution in [2.24, 2.45) is 0 Å². The SMILES string of the molecule is CCN1C(=CC=C2CC[n+]3c2n(CC)c2cc(C#N)ccc23)Oc2cc(C)c(C)cc21. The van der Waals surface area contributed by atoms with Gasteiger partial charge in [0.1, 0.15) is 0 Å². The molecule has 0 bridgehead atoms. The van der Waals surface area contributed by atoms with Gasteiger partial charge in [-0.3, -0.25) is 0 Å². The molecular weight excluding hydrogens is 384 g/mol. The molecule has 0 radical (unpaired) electrons. The number of allylic oxidation sites excluding steroid dienone is 3. The highest BCUT2D eigenvalue weighted by Gasteiger charge is 2.33. The van der Waals surface area contributed by atoms with E-state index >= 15 is 0 Å². The number of nitrogens with zero attached hydrogens (tertiary/aromatic N) is 4. The van der Waals surface area contributed by atoms with Crippen LogP contribution >= 0.6 is 0 Å². The maximum Gasteiger partial charge on any atom is 0.285 e. The Hall–Kier alpha value is -3.52. The average Bonchev–Trinajstić information content (AvgIpc) is 3.42. The molecule has 31 heavy (non-hydrogen) atoms. The first kappa shape index (κ1) is 19.4. The number of ether oxygens (including phenoxy) is 1. The van der Waals surface area contributed by atoms with Crippen LogP contribution in [-0.2, 0) is 13.1 Å². The van der Waals surface area contributed by atoms with E-state index in [1.54, 1.807) is 0 Å². The van der Waals surface area contributed by atoms with E-state index in [1.807, 2.05) is 12.1 Å². The molecule has 2 aliphatic heterocycles. The molecule has 5 nitrogen and oxygen atoms in total. The second kappa shape index (κ2) is 7.31. The van der Waals surface area contributed by atoms with Gasteiger partial charge in [0.05, 0.1) is 30.4 Å². The van der Waals surface area contributed by atoms with Gasteiger partial charge in [0.2, 0.25) is 5.88 Å². The Labute approximate surface area is 183 Å². The summed E-state index contributed by atoms with van der Waals surface area (Å²) in [5, 5.41) is 9.32. The second-order valence-electron chi connectivity index (χ2n) is 8.23. The maximum absolute atomic E-state index is 9.32. The topological polar surface area (TPSA) is 45.1 Å². The quantitative estimate of drug-likeness (QED) is 0.571. The molecule has 5 rings (SSSR count). The summed E-state index contributed by atoms with van der Waals surface area (Å²) in [4.78, 5) is 2.23. The van der Waals surface area contributed by atoms with Gasteiger partial charge in [-0.25, -0.2) is 9.13 Å². The number of rotatable bonds is 3. The van der Waals surface area contributed by atoms with Gasteiger partial charge in [0.25, 0.3) is 5.82 Å². The Morgan fingerprint density at radius 2 is 1.90 bits per heavy atom. The Morgan fingerprint density at radius 3 is 2.65 bits per heavy atom.